The van der Waals surface area contributed by atoms with Gasteiger partial charge in [-0.05, 0) is 65.7 Å². The number of halogens is 1. The third-order valence-corrected chi connectivity index (χ3v) is 7.20. The van der Waals surface area contributed by atoms with E-state index in [1.54, 1.807) is 25.2 Å². The largest absolute Gasteiger partial charge is 0.345 e. The van der Waals surface area contributed by atoms with Crippen LogP contribution in [0.2, 0.25) is 0 Å². The highest BCUT2D eigenvalue weighted by Gasteiger charge is 2.47. The second kappa shape index (κ2) is 9.00. The second-order valence-electron chi connectivity index (χ2n) is 8.21. The standard InChI is InChI=1S/C26H23FN4OS/c1-26(23-14-20(16-33-23)19-7-3-6-18(13-19)15-28)22(24(32)31(2)25(29)30-26)8-4-5-17-9-11-21(27)12-10-17/h3-7,9-14,16,22H,8H2,1-2H3,(H2,29,30)/b5-4+/t22?,26-/m0/s1. The number of nitrogens with one attached hydrogen (secondary N) is 2. The van der Waals surface area contributed by atoms with Crippen molar-refractivity contribution < 1.29 is 9.18 Å². The van der Waals surface area contributed by atoms with E-state index in [2.05, 4.69) is 11.4 Å². The Morgan fingerprint density at radius 1 is 1.24 bits per heavy atom. The van der Waals surface area contributed by atoms with E-state index in [0.717, 1.165) is 21.6 Å². The Bertz CT molecular complexity index is 1270. The lowest BCUT2D eigenvalue weighted by Gasteiger charge is -2.44. The Morgan fingerprint density at radius 2 is 2.00 bits per heavy atom. The van der Waals surface area contributed by atoms with Crippen LogP contribution in [0.4, 0.5) is 4.39 Å². The summed E-state index contributed by atoms with van der Waals surface area (Å²) in [6.45, 7) is 1.95. The number of allylic oxidation sites excluding steroid dienone is 1. The number of nitrogens with zero attached hydrogens (tertiary/aromatic N) is 2. The van der Waals surface area contributed by atoms with Gasteiger partial charge in [0.1, 0.15) is 5.82 Å². The lowest BCUT2D eigenvalue weighted by molar-refractivity contribution is -0.135. The molecule has 1 aliphatic heterocycles. The molecule has 1 amide bonds. The molecule has 3 aromatic rings. The molecule has 0 bridgehead atoms. The smallest absolute Gasteiger partial charge is 0.235 e. The van der Waals surface area contributed by atoms with Gasteiger partial charge in [0, 0.05) is 11.9 Å². The Balaban J connectivity index is 1.65. The average Bonchev–Trinajstić information content (AvgIpc) is 3.32. The number of carbonyl (C=O) groups excluding carboxylic acids is 1. The fourth-order valence-corrected chi connectivity index (χ4v) is 5.11. The normalized spacial score (nSPS) is 20.7. The predicted molar refractivity (Wildman–Crippen MR) is 129 cm³/mol. The van der Waals surface area contributed by atoms with Gasteiger partial charge in [-0.25, -0.2) is 4.39 Å². The van der Waals surface area contributed by atoms with Crippen molar-refractivity contribution in [2.45, 2.75) is 18.9 Å². The number of benzene rings is 2. The number of nitriles is 1. The fraction of sp³-hybridized carbons (Fsp3) is 0.192. The molecule has 33 heavy (non-hydrogen) atoms. The van der Waals surface area contributed by atoms with Crippen LogP contribution >= 0.6 is 11.3 Å². The van der Waals surface area contributed by atoms with Crippen LogP contribution in [0.5, 0.6) is 0 Å². The number of amides is 1. The Labute approximate surface area is 196 Å². The summed E-state index contributed by atoms with van der Waals surface area (Å²) in [7, 11) is 1.60. The van der Waals surface area contributed by atoms with E-state index in [0.29, 0.717) is 12.0 Å². The van der Waals surface area contributed by atoms with Gasteiger partial charge in [0.05, 0.1) is 23.1 Å². The van der Waals surface area contributed by atoms with Crippen molar-refractivity contribution in [3.05, 3.63) is 87.9 Å². The highest BCUT2D eigenvalue weighted by Crippen LogP contribution is 2.41. The third kappa shape index (κ3) is 4.43. The first-order chi connectivity index (χ1) is 15.8. The van der Waals surface area contributed by atoms with Crippen LogP contribution in [0.3, 0.4) is 0 Å². The molecule has 1 unspecified atom stereocenters. The summed E-state index contributed by atoms with van der Waals surface area (Å²) >= 11 is 1.53. The van der Waals surface area contributed by atoms with E-state index in [1.165, 1.54) is 28.4 Å². The van der Waals surface area contributed by atoms with E-state index in [4.69, 9.17) is 5.41 Å². The Kier molecular flexibility index (Phi) is 6.12. The lowest BCUT2D eigenvalue weighted by atomic mass is 9.79. The van der Waals surface area contributed by atoms with Gasteiger partial charge in [-0.15, -0.1) is 11.3 Å². The van der Waals surface area contributed by atoms with Gasteiger partial charge in [-0.2, -0.15) is 5.26 Å². The van der Waals surface area contributed by atoms with E-state index < -0.39 is 11.5 Å². The maximum absolute atomic E-state index is 13.2. The summed E-state index contributed by atoms with van der Waals surface area (Å²) in [5.41, 5.74) is 2.57. The molecule has 1 aliphatic rings. The van der Waals surface area contributed by atoms with Gasteiger partial charge >= 0.3 is 0 Å². The summed E-state index contributed by atoms with van der Waals surface area (Å²) in [5.74, 6) is -0.806. The molecule has 2 N–H and O–H groups in total. The molecule has 0 aliphatic carbocycles. The summed E-state index contributed by atoms with van der Waals surface area (Å²) in [6.07, 6.45) is 4.25. The topological polar surface area (TPSA) is 80.0 Å². The predicted octanol–water partition coefficient (Wildman–Crippen LogP) is 5.36. The minimum atomic E-state index is -0.774. The minimum Gasteiger partial charge on any atom is -0.345 e. The molecule has 4 rings (SSSR count). The minimum absolute atomic E-state index is 0.0580. The second-order valence-corrected chi connectivity index (χ2v) is 9.12. The number of hydrogen-bond acceptors (Lipinski definition) is 4. The average molecular weight is 459 g/mol. The monoisotopic (exact) mass is 458 g/mol. The van der Waals surface area contributed by atoms with Gasteiger partial charge in [0.15, 0.2) is 5.96 Å². The van der Waals surface area contributed by atoms with Gasteiger partial charge < -0.3 is 5.32 Å². The van der Waals surface area contributed by atoms with Gasteiger partial charge in [-0.3, -0.25) is 15.1 Å². The molecule has 2 atom stereocenters. The van der Waals surface area contributed by atoms with E-state index in [9.17, 15) is 14.4 Å². The van der Waals surface area contributed by atoms with Crippen LogP contribution in [0.25, 0.3) is 17.2 Å². The van der Waals surface area contributed by atoms with Crippen molar-refractivity contribution >= 4 is 29.3 Å². The number of guanidine groups is 1. The zero-order chi connectivity index (χ0) is 23.6. The van der Waals surface area contributed by atoms with Crippen molar-refractivity contribution in [1.82, 2.24) is 10.2 Å². The highest BCUT2D eigenvalue weighted by molar-refractivity contribution is 7.10. The quantitative estimate of drug-likeness (QED) is 0.540. The molecule has 0 radical (unpaired) electrons. The van der Waals surface area contributed by atoms with E-state index in [1.807, 2.05) is 48.7 Å². The highest BCUT2D eigenvalue weighted by atomic mass is 32.1. The Hall–Kier alpha value is -3.76. The molecule has 0 spiro atoms. The van der Waals surface area contributed by atoms with Gasteiger partial charge in [-0.1, -0.05) is 36.4 Å². The van der Waals surface area contributed by atoms with Crippen LogP contribution < -0.4 is 5.32 Å². The van der Waals surface area contributed by atoms with Crippen molar-refractivity contribution in [1.29, 1.82) is 10.7 Å². The SMILES string of the molecule is CN1C(=N)N[C@](C)(c2cc(-c3cccc(C#N)c3)cs2)C(C/C=C/c2ccc(F)cc2)C1=O. The molecule has 0 saturated carbocycles. The van der Waals surface area contributed by atoms with E-state index >= 15 is 0 Å². The van der Waals surface area contributed by atoms with E-state index in [-0.39, 0.29) is 17.7 Å². The third-order valence-electron chi connectivity index (χ3n) is 6.03. The maximum atomic E-state index is 13.2. The number of carbonyl (C=O) groups is 1. The first-order valence-electron chi connectivity index (χ1n) is 10.5. The van der Waals surface area contributed by atoms with Crippen LogP contribution in [-0.2, 0) is 10.3 Å². The van der Waals surface area contributed by atoms with Crippen LogP contribution in [0, 0.1) is 28.5 Å². The van der Waals surface area contributed by atoms with Crippen molar-refractivity contribution in [2.24, 2.45) is 5.92 Å². The molecular formula is C26H23FN4OS. The van der Waals surface area contributed by atoms with Crippen molar-refractivity contribution in [2.75, 3.05) is 7.05 Å². The maximum Gasteiger partial charge on any atom is 0.235 e. The first kappa shape index (κ1) is 22.4. The summed E-state index contributed by atoms with van der Waals surface area (Å²) < 4.78 is 13.2. The number of hydrogen-bond donors (Lipinski definition) is 2. The molecule has 166 valence electrons. The molecule has 1 aromatic heterocycles. The fourth-order valence-electron chi connectivity index (χ4n) is 4.02. The van der Waals surface area contributed by atoms with Crippen LogP contribution in [0.1, 0.15) is 29.3 Å². The van der Waals surface area contributed by atoms with Gasteiger partial charge in [0.25, 0.3) is 0 Å². The zero-order valence-corrected chi connectivity index (χ0v) is 19.1. The molecule has 2 heterocycles. The van der Waals surface area contributed by atoms with Crippen molar-refractivity contribution in [3.8, 4) is 17.2 Å². The number of thiophene rings is 1. The molecular weight excluding hydrogens is 435 g/mol. The van der Waals surface area contributed by atoms with Crippen LogP contribution in [-0.4, -0.2) is 23.8 Å². The summed E-state index contributed by atoms with van der Waals surface area (Å²) in [4.78, 5) is 15.5. The summed E-state index contributed by atoms with van der Waals surface area (Å²) in [6, 6.07) is 17.8. The molecule has 1 saturated heterocycles. The molecule has 7 heteroatoms. The number of rotatable bonds is 5. The molecule has 2 aromatic carbocycles. The first-order valence-corrected chi connectivity index (χ1v) is 11.4. The zero-order valence-electron chi connectivity index (χ0n) is 18.3. The molecule has 1 fully saturated rings. The van der Waals surface area contributed by atoms with Crippen LogP contribution in [0.15, 0.2) is 66.1 Å². The molecule has 5 nitrogen and oxygen atoms in total. The lowest BCUT2D eigenvalue weighted by Crippen LogP contribution is -2.63. The Morgan fingerprint density at radius 3 is 2.73 bits per heavy atom. The van der Waals surface area contributed by atoms with Gasteiger partial charge in [0.2, 0.25) is 5.91 Å². The summed E-state index contributed by atoms with van der Waals surface area (Å²) in [5, 5.41) is 22.7. The van der Waals surface area contributed by atoms with Crippen molar-refractivity contribution in [3.63, 3.8) is 0 Å².